The van der Waals surface area contributed by atoms with Crippen LogP contribution < -0.4 is 10.6 Å². The second kappa shape index (κ2) is 6.25. The maximum absolute atomic E-state index is 12.9. The smallest absolute Gasteiger partial charge is 0.270 e. The Labute approximate surface area is 103 Å². The fraction of sp³-hybridized carbons (Fsp3) is 0.455. The molecule has 100 valence electrons. The van der Waals surface area contributed by atoms with Gasteiger partial charge >= 0.3 is 0 Å². The fourth-order valence-electron chi connectivity index (χ4n) is 1.72. The van der Waals surface area contributed by atoms with Gasteiger partial charge in [-0.05, 0) is 13.0 Å². The first-order valence-corrected chi connectivity index (χ1v) is 5.52. The van der Waals surface area contributed by atoms with Crippen LogP contribution >= 0.6 is 0 Å². The number of hydrogen-bond donors (Lipinski definition) is 1. The summed E-state index contributed by atoms with van der Waals surface area (Å²) in [6.45, 7) is 3.07. The molecule has 5 nitrogen and oxygen atoms in total. The lowest BCUT2D eigenvalue weighted by Gasteiger charge is -2.24. The van der Waals surface area contributed by atoms with Gasteiger partial charge in [-0.1, -0.05) is 0 Å². The highest BCUT2D eigenvalue weighted by molar-refractivity contribution is 5.58. The van der Waals surface area contributed by atoms with Crippen molar-refractivity contribution in [2.24, 2.45) is 5.73 Å². The summed E-state index contributed by atoms with van der Waals surface area (Å²) >= 11 is 0. The number of nitro benzene ring substituents is 1. The van der Waals surface area contributed by atoms with Crippen molar-refractivity contribution in [1.82, 2.24) is 0 Å². The summed E-state index contributed by atoms with van der Waals surface area (Å²) in [5.41, 5.74) is 5.04. The van der Waals surface area contributed by atoms with Gasteiger partial charge < -0.3 is 10.6 Å². The van der Waals surface area contributed by atoms with Gasteiger partial charge in [0.05, 0.1) is 4.92 Å². The van der Waals surface area contributed by atoms with Crippen LogP contribution in [0.1, 0.15) is 18.9 Å². The van der Waals surface area contributed by atoms with Crippen molar-refractivity contribution < 1.29 is 13.7 Å². The van der Waals surface area contributed by atoms with Crippen LogP contribution in [0.2, 0.25) is 0 Å². The van der Waals surface area contributed by atoms with Gasteiger partial charge in [0.25, 0.3) is 12.1 Å². The van der Waals surface area contributed by atoms with Gasteiger partial charge in [0.15, 0.2) is 0 Å². The number of benzene rings is 1. The number of halogens is 2. The first-order chi connectivity index (χ1) is 8.51. The molecule has 0 atom stereocenters. The first-order valence-electron chi connectivity index (χ1n) is 5.52. The zero-order valence-electron chi connectivity index (χ0n) is 9.97. The molecule has 0 saturated carbocycles. The van der Waals surface area contributed by atoms with Gasteiger partial charge in [-0.3, -0.25) is 10.1 Å². The molecule has 2 N–H and O–H groups in total. The standard InChI is InChI=1S/C11H15F2N3O2/c1-2-15(6-5-14)10-4-3-8(16(17)18)7-9(10)11(12)13/h3-4,7,11H,2,5-6,14H2,1H3. The number of nitro groups is 1. The van der Waals surface area contributed by atoms with E-state index in [0.29, 0.717) is 25.3 Å². The van der Waals surface area contributed by atoms with Gasteiger partial charge in [-0.25, -0.2) is 8.78 Å². The number of hydrogen-bond acceptors (Lipinski definition) is 4. The highest BCUT2D eigenvalue weighted by Crippen LogP contribution is 2.32. The lowest BCUT2D eigenvalue weighted by atomic mass is 10.1. The van der Waals surface area contributed by atoms with E-state index in [9.17, 15) is 18.9 Å². The third-order valence-corrected chi connectivity index (χ3v) is 2.58. The molecule has 0 fully saturated rings. The van der Waals surface area contributed by atoms with E-state index >= 15 is 0 Å². The number of alkyl halides is 2. The molecule has 0 spiro atoms. The molecule has 0 unspecified atom stereocenters. The van der Waals surface area contributed by atoms with Crippen molar-refractivity contribution in [2.75, 3.05) is 24.5 Å². The highest BCUT2D eigenvalue weighted by atomic mass is 19.3. The zero-order valence-corrected chi connectivity index (χ0v) is 9.97. The van der Waals surface area contributed by atoms with Gasteiger partial charge in [-0.2, -0.15) is 0 Å². The van der Waals surface area contributed by atoms with Crippen molar-refractivity contribution in [3.05, 3.63) is 33.9 Å². The number of anilines is 1. The second-order valence-electron chi connectivity index (χ2n) is 3.67. The van der Waals surface area contributed by atoms with Crippen LogP contribution in [0.5, 0.6) is 0 Å². The Hall–Kier alpha value is -1.76. The van der Waals surface area contributed by atoms with E-state index in [-0.39, 0.29) is 11.3 Å². The minimum Gasteiger partial charge on any atom is -0.370 e. The van der Waals surface area contributed by atoms with Gasteiger partial charge in [0.2, 0.25) is 0 Å². The molecular formula is C11H15F2N3O2. The van der Waals surface area contributed by atoms with Crippen molar-refractivity contribution in [3.63, 3.8) is 0 Å². The summed E-state index contributed by atoms with van der Waals surface area (Å²) in [7, 11) is 0. The second-order valence-corrected chi connectivity index (χ2v) is 3.67. The SMILES string of the molecule is CCN(CCN)c1ccc([N+](=O)[O-])cc1C(F)F. The monoisotopic (exact) mass is 259 g/mol. The normalized spacial score (nSPS) is 10.7. The van der Waals surface area contributed by atoms with E-state index in [4.69, 9.17) is 5.73 Å². The van der Waals surface area contributed by atoms with Gasteiger partial charge in [0, 0.05) is 43.0 Å². The Morgan fingerprint density at radius 1 is 1.50 bits per heavy atom. The zero-order chi connectivity index (χ0) is 13.7. The molecule has 0 aliphatic carbocycles. The minimum absolute atomic E-state index is 0.295. The lowest BCUT2D eigenvalue weighted by molar-refractivity contribution is -0.385. The molecule has 0 amide bonds. The number of rotatable bonds is 6. The largest absolute Gasteiger partial charge is 0.370 e. The summed E-state index contributed by atoms with van der Waals surface area (Å²) in [6.07, 6.45) is -2.76. The molecule has 0 radical (unpaired) electrons. The molecule has 1 aromatic carbocycles. The molecule has 1 aromatic rings. The number of nitrogens with zero attached hydrogens (tertiary/aromatic N) is 2. The van der Waals surface area contributed by atoms with E-state index in [0.717, 1.165) is 6.07 Å². The molecule has 1 rings (SSSR count). The third kappa shape index (κ3) is 3.13. The molecular weight excluding hydrogens is 244 g/mol. The Kier molecular flexibility index (Phi) is 4.96. The molecule has 0 aliphatic rings. The maximum atomic E-state index is 12.9. The third-order valence-electron chi connectivity index (χ3n) is 2.58. The van der Waals surface area contributed by atoms with Crippen LogP contribution in [0, 0.1) is 10.1 Å². The number of non-ortho nitro benzene ring substituents is 1. The van der Waals surface area contributed by atoms with Crippen molar-refractivity contribution in [1.29, 1.82) is 0 Å². The predicted molar refractivity (Wildman–Crippen MR) is 65.0 cm³/mol. The number of likely N-dealkylation sites (N-methyl/N-ethyl adjacent to an activating group) is 1. The molecule has 0 heterocycles. The van der Waals surface area contributed by atoms with E-state index < -0.39 is 11.3 Å². The Morgan fingerprint density at radius 3 is 2.61 bits per heavy atom. The molecule has 18 heavy (non-hydrogen) atoms. The van der Waals surface area contributed by atoms with Crippen molar-refractivity contribution in [3.8, 4) is 0 Å². The quantitative estimate of drug-likeness (QED) is 0.628. The number of nitrogens with two attached hydrogens (primary N) is 1. The average Bonchev–Trinajstić information content (AvgIpc) is 2.35. The van der Waals surface area contributed by atoms with Crippen molar-refractivity contribution >= 4 is 11.4 Å². The maximum Gasteiger partial charge on any atom is 0.270 e. The Bertz CT molecular complexity index is 427. The predicted octanol–water partition coefficient (Wildman–Crippen LogP) is 2.32. The summed E-state index contributed by atoms with van der Waals surface area (Å²) in [5, 5.41) is 10.6. The summed E-state index contributed by atoms with van der Waals surface area (Å²) in [5.74, 6) is 0. The van der Waals surface area contributed by atoms with Crippen LogP contribution in [0.25, 0.3) is 0 Å². The average molecular weight is 259 g/mol. The molecule has 7 heteroatoms. The minimum atomic E-state index is -2.76. The molecule has 0 aliphatic heterocycles. The van der Waals surface area contributed by atoms with Crippen molar-refractivity contribution in [2.45, 2.75) is 13.3 Å². The molecule has 0 aromatic heterocycles. The van der Waals surface area contributed by atoms with E-state index in [1.165, 1.54) is 12.1 Å². The topological polar surface area (TPSA) is 72.4 Å². The van der Waals surface area contributed by atoms with Crippen LogP contribution in [-0.2, 0) is 0 Å². The lowest BCUT2D eigenvalue weighted by Crippen LogP contribution is -2.30. The first kappa shape index (κ1) is 14.3. The van der Waals surface area contributed by atoms with Crippen LogP contribution in [-0.4, -0.2) is 24.6 Å². The van der Waals surface area contributed by atoms with E-state index in [1.807, 2.05) is 6.92 Å². The fourth-order valence-corrected chi connectivity index (χ4v) is 1.72. The summed E-state index contributed by atoms with van der Waals surface area (Å²) in [6, 6.07) is 3.48. The highest BCUT2D eigenvalue weighted by Gasteiger charge is 2.20. The molecule has 0 saturated heterocycles. The van der Waals surface area contributed by atoms with Crippen LogP contribution in [0.4, 0.5) is 20.2 Å². The Morgan fingerprint density at radius 2 is 2.17 bits per heavy atom. The summed E-state index contributed by atoms with van der Waals surface area (Å²) < 4.78 is 25.9. The van der Waals surface area contributed by atoms with Crippen LogP contribution in [0.15, 0.2) is 18.2 Å². The van der Waals surface area contributed by atoms with E-state index in [1.54, 1.807) is 4.90 Å². The van der Waals surface area contributed by atoms with Crippen LogP contribution in [0.3, 0.4) is 0 Å². The molecule has 0 bridgehead atoms. The summed E-state index contributed by atoms with van der Waals surface area (Å²) in [4.78, 5) is 11.6. The van der Waals surface area contributed by atoms with Gasteiger partial charge in [-0.15, -0.1) is 0 Å². The Balaban J connectivity index is 3.21. The van der Waals surface area contributed by atoms with Gasteiger partial charge in [0.1, 0.15) is 0 Å². The van der Waals surface area contributed by atoms with E-state index in [2.05, 4.69) is 0 Å².